The van der Waals surface area contributed by atoms with E-state index in [1.165, 1.54) is 11.8 Å². The third-order valence-corrected chi connectivity index (χ3v) is 6.65. The van der Waals surface area contributed by atoms with Crippen LogP contribution in [0.4, 0.5) is 8.78 Å². The van der Waals surface area contributed by atoms with Gasteiger partial charge in [-0.3, -0.25) is 4.79 Å². The van der Waals surface area contributed by atoms with Gasteiger partial charge in [-0.1, -0.05) is 25.6 Å². The number of thioether (sulfide) groups is 1. The summed E-state index contributed by atoms with van der Waals surface area (Å²) in [5, 5.41) is 3.86. The first kappa shape index (κ1) is 14.3. The summed E-state index contributed by atoms with van der Waals surface area (Å²) in [6.45, 7) is 5.90. The van der Waals surface area contributed by atoms with Gasteiger partial charge in [-0.25, -0.2) is 8.78 Å². The number of hydrogen-bond donors (Lipinski definition) is 1. The molecule has 2 fully saturated rings. The average molecular weight is 302 g/mol. The van der Waals surface area contributed by atoms with Crippen LogP contribution in [-0.4, -0.2) is 27.8 Å². The minimum atomic E-state index is -2.49. The number of carbonyl (C=O) groups excluding carboxylic acids is 1. The average Bonchev–Trinajstić information content (AvgIpc) is 2.91. The van der Waals surface area contributed by atoms with E-state index in [1.54, 1.807) is 0 Å². The van der Waals surface area contributed by atoms with Crippen molar-refractivity contribution in [2.24, 2.45) is 22.7 Å². The lowest BCUT2D eigenvalue weighted by Gasteiger charge is -2.29. The molecule has 2 bridgehead atoms. The number of fused-ring (bicyclic) bond motifs is 2. The number of halogens is 2. The number of aliphatic imine (C=N–C) groups is 1. The van der Waals surface area contributed by atoms with Gasteiger partial charge in [0.05, 0.1) is 0 Å². The Bertz CT molecular complexity index is 480. The summed E-state index contributed by atoms with van der Waals surface area (Å²) in [6, 6.07) is 0.0492. The van der Waals surface area contributed by atoms with Gasteiger partial charge in [0.15, 0.2) is 5.17 Å². The Balaban J connectivity index is 1.65. The predicted molar refractivity (Wildman–Crippen MR) is 76.0 cm³/mol. The van der Waals surface area contributed by atoms with E-state index in [4.69, 9.17) is 0 Å². The van der Waals surface area contributed by atoms with E-state index in [9.17, 15) is 13.6 Å². The Morgan fingerprint density at radius 3 is 2.55 bits per heavy atom. The standard InChI is InChI=1S/C14H20F2N2OS/c1-7(2)13(3)11(19)18-12(20-13)17-10-5-9-4-8(10)6-14(9,15)16/h7-10H,4-6H2,1-3H3,(H,17,18,19)/t8-,9-,10+,13?/m1/s1. The van der Waals surface area contributed by atoms with Crippen molar-refractivity contribution in [3.8, 4) is 0 Å². The van der Waals surface area contributed by atoms with Crippen LogP contribution in [0.1, 0.15) is 40.0 Å². The molecule has 2 saturated carbocycles. The fourth-order valence-corrected chi connectivity index (χ4v) is 4.55. The Hall–Kier alpha value is -0.650. The Morgan fingerprint density at radius 2 is 2.10 bits per heavy atom. The summed E-state index contributed by atoms with van der Waals surface area (Å²) in [4.78, 5) is 16.1. The molecule has 0 aromatic rings. The number of amides is 1. The minimum Gasteiger partial charge on any atom is -0.361 e. The van der Waals surface area contributed by atoms with Gasteiger partial charge in [0.25, 0.3) is 11.8 Å². The van der Waals surface area contributed by atoms with Crippen molar-refractivity contribution in [2.75, 3.05) is 0 Å². The zero-order valence-corrected chi connectivity index (χ0v) is 12.8. The highest BCUT2D eigenvalue weighted by molar-refractivity contribution is 8.16. The van der Waals surface area contributed by atoms with Gasteiger partial charge in [0.2, 0.25) is 0 Å². The van der Waals surface area contributed by atoms with E-state index in [1.807, 2.05) is 20.8 Å². The zero-order valence-electron chi connectivity index (χ0n) is 12.0. The number of hydrogen-bond acceptors (Lipinski definition) is 3. The number of nitrogens with one attached hydrogen (secondary N) is 1. The first-order valence-corrected chi connectivity index (χ1v) is 8.00. The van der Waals surface area contributed by atoms with Crippen LogP contribution in [0.2, 0.25) is 0 Å². The molecule has 20 heavy (non-hydrogen) atoms. The molecule has 1 N–H and O–H groups in total. The third-order valence-electron chi connectivity index (χ3n) is 5.17. The molecule has 1 aliphatic heterocycles. The minimum absolute atomic E-state index is 0.0132. The van der Waals surface area contributed by atoms with Crippen molar-refractivity contribution in [1.82, 2.24) is 5.32 Å². The molecule has 6 heteroatoms. The predicted octanol–water partition coefficient (Wildman–Crippen LogP) is 3.05. The molecule has 3 aliphatic rings. The summed E-state index contributed by atoms with van der Waals surface area (Å²) < 4.78 is 26.5. The molecule has 4 atom stereocenters. The summed E-state index contributed by atoms with van der Waals surface area (Å²) in [5.74, 6) is -2.90. The van der Waals surface area contributed by atoms with Crippen LogP contribution in [0.15, 0.2) is 4.99 Å². The molecule has 0 aromatic heterocycles. The molecule has 1 amide bonds. The van der Waals surface area contributed by atoms with Crippen molar-refractivity contribution in [3.63, 3.8) is 0 Å². The highest BCUT2D eigenvalue weighted by Gasteiger charge is 2.57. The van der Waals surface area contributed by atoms with Gasteiger partial charge in [0.1, 0.15) is 4.75 Å². The van der Waals surface area contributed by atoms with Crippen LogP contribution >= 0.6 is 11.8 Å². The van der Waals surface area contributed by atoms with Gasteiger partial charge in [0, 0.05) is 18.4 Å². The van der Waals surface area contributed by atoms with Crippen LogP contribution in [0.3, 0.4) is 0 Å². The monoisotopic (exact) mass is 302 g/mol. The molecule has 1 heterocycles. The van der Waals surface area contributed by atoms with Gasteiger partial charge >= 0.3 is 0 Å². The van der Waals surface area contributed by atoms with Crippen molar-refractivity contribution in [2.45, 2.75) is 56.7 Å². The topological polar surface area (TPSA) is 41.5 Å². The molecule has 2 aliphatic carbocycles. The second-order valence-corrected chi connectivity index (χ2v) is 8.17. The molecule has 0 spiro atoms. The summed E-state index contributed by atoms with van der Waals surface area (Å²) in [7, 11) is 0. The first-order chi connectivity index (χ1) is 9.22. The summed E-state index contributed by atoms with van der Waals surface area (Å²) in [5.41, 5.74) is 0. The Labute approximate surface area is 122 Å². The van der Waals surface area contributed by atoms with E-state index >= 15 is 0 Å². The lowest BCUT2D eigenvalue weighted by atomic mass is 9.92. The number of rotatable bonds is 2. The van der Waals surface area contributed by atoms with Crippen molar-refractivity contribution >= 4 is 22.8 Å². The first-order valence-electron chi connectivity index (χ1n) is 7.19. The lowest BCUT2D eigenvalue weighted by Crippen LogP contribution is -2.41. The molecule has 0 radical (unpaired) electrons. The van der Waals surface area contributed by atoms with Gasteiger partial charge < -0.3 is 5.32 Å². The summed E-state index contributed by atoms with van der Waals surface area (Å²) >= 11 is 1.45. The highest BCUT2D eigenvalue weighted by atomic mass is 32.2. The van der Waals surface area contributed by atoms with Crippen LogP contribution in [-0.2, 0) is 4.79 Å². The normalized spacial score (nSPS) is 42.4. The molecule has 0 saturated heterocycles. The number of amidine groups is 1. The largest absolute Gasteiger partial charge is 0.361 e. The zero-order chi connectivity index (χ0) is 14.7. The molecular weight excluding hydrogens is 282 g/mol. The fourth-order valence-electron chi connectivity index (χ4n) is 3.44. The SMILES string of the molecule is CC(C)C1(C)SC(N[C@H]2C[C@H]3C[C@@H]2CC3(F)F)=NC1=O. The second kappa shape index (κ2) is 4.42. The molecule has 0 aromatic carbocycles. The van der Waals surface area contributed by atoms with Crippen LogP contribution in [0.25, 0.3) is 0 Å². The van der Waals surface area contributed by atoms with Crippen molar-refractivity contribution < 1.29 is 13.6 Å². The van der Waals surface area contributed by atoms with E-state index in [0.717, 1.165) is 0 Å². The van der Waals surface area contributed by atoms with Crippen molar-refractivity contribution in [1.29, 1.82) is 0 Å². The number of alkyl halides is 2. The maximum atomic E-state index is 13.5. The second-order valence-electron chi connectivity index (χ2n) is 6.73. The molecule has 3 rings (SSSR count). The smallest absolute Gasteiger partial charge is 0.264 e. The molecule has 3 nitrogen and oxygen atoms in total. The molecule has 1 unspecified atom stereocenters. The lowest BCUT2D eigenvalue weighted by molar-refractivity contribution is -0.120. The number of nitrogens with zero attached hydrogens (tertiary/aromatic N) is 1. The highest BCUT2D eigenvalue weighted by Crippen LogP contribution is 2.54. The van der Waals surface area contributed by atoms with Crippen molar-refractivity contribution in [3.05, 3.63) is 0 Å². The van der Waals surface area contributed by atoms with E-state index in [2.05, 4.69) is 10.3 Å². The Kier molecular flexibility index (Phi) is 3.16. The maximum Gasteiger partial charge on any atom is 0.264 e. The fraction of sp³-hybridized carbons (Fsp3) is 0.857. The molecule has 112 valence electrons. The van der Waals surface area contributed by atoms with E-state index in [-0.39, 0.29) is 30.2 Å². The van der Waals surface area contributed by atoms with Crippen LogP contribution in [0, 0.1) is 17.8 Å². The number of carbonyl (C=O) groups is 1. The van der Waals surface area contributed by atoms with E-state index < -0.39 is 16.6 Å². The van der Waals surface area contributed by atoms with Crippen LogP contribution < -0.4 is 5.32 Å². The Morgan fingerprint density at radius 1 is 1.40 bits per heavy atom. The van der Waals surface area contributed by atoms with Gasteiger partial charge in [-0.05, 0) is 31.6 Å². The van der Waals surface area contributed by atoms with Gasteiger partial charge in [-0.2, -0.15) is 4.99 Å². The maximum absolute atomic E-state index is 13.5. The summed E-state index contributed by atoms with van der Waals surface area (Å²) in [6.07, 6.45) is 1.06. The third kappa shape index (κ3) is 2.07. The molecular formula is C14H20F2N2OS. The van der Waals surface area contributed by atoms with Gasteiger partial charge in [-0.15, -0.1) is 0 Å². The van der Waals surface area contributed by atoms with Crippen LogP contribution in [0.5, 0.6) is 0 Å². The quantitative estimate of drug-likeness (QED) is 0.852. The van der Waals surface area contributed by atoms with E-state index in [0.29, 0.717) is 18.0 Å².